The largest absolute Gasteiger partial charge is 0.497 e. The van der Waals surface area contributed by atoms with Crippen molar-refractivity contribution in [1.82, 2.24) is 4.90 Å². The predicted octanol–water partition coefficient (Wildman–Crippen LogP) is 0.252. The monoisotopic (exact) mass is 278 g/mol. The van der Waals surface area contributed by atoms with E-state index in [0.717, 1.165) is 11.3 Å². The van der Waals surface area contributed by atoms with E-state index in [-0.39, 0.29) is 25.3 Å². The van der Waals surface area contributed by atoms with Crippen molar-refractivity contribution < 1.29 is 19.4 Å². The zero-order valence-corrected chi connectivity index (χ0v) is 11.3. The lowest BCUT2D eigenvalue weighted by molar-refractivity contribution is -0.143. The standard InChI is InChI=1S/C14H18N2O4/c1-20-11-4-2-10(3-5-11)8-12(17)16-7-6-14(15,9-16)13(18)19/h2-5H,6-9,15H2,1H3,(H,18,19). The number of amides is 1. The Balaban J connectivity index is 1.97. The Morgan fingerprint density at radius 2 is 2.05 bits per heavy atom. The lowest BCUT2D eigenvalue weighted by Gasteiger charge is -2.20. The molecule has 6 heteroatoms. The Hall–Kier alpha value is -2.08. The molecule has 1 aromatic carbocycles. The third-order valence-electron chi connectivity index (χ3n) is 3.59. The number of carbonyl (C=O) groups is 2. The highest BCUT2D eigenvalue weighted by atomic mass is 16.5. The fraction of sp³-hybridized carbons (Fsp3) is 0.429. The number of benzene rings is 1. The van der Waals surface area contributed by atoms with Crippen molar-refractivity contribution >= 4 is 11.9 Å². The van der Waals surface area contributed by atoms with E-state index in [2.05, 4.69) is 0 Å². The molecule has 3 N–H and O–H groups in total. The van der Waals surface area contributed by atoms with Gasteiger partial charge in [0, 0.05) is 13.1 Å². The summed E-state index contributed by atoms with van der Waals surface area (Å²) in [7, 11) is 1.58. The highest BCUT2D eigenvalue weighted by Crippen LogP contribution is 2.20. The second-order valence-corrected chi connectivity index (χ2v) is 5.05. The smallest absolute Gasteiger partial charge is 0.325 e. The lowest BCUT2D eigenvalue weighted by atomic mass is 10.0. The van der Waals surface area contributed by atoms with Crippen LogP contribution in [0.25, 0.3) is 0 Å². The predicted molar refractivity (Wildman–Crippen MR) is 72.4 cm³/mol. The van der Waals surface area contributed by atoms with Crippen LogP contribution in [0.15, 0.2) is 24.3 Å². The molecule has 1 fully saturated rings. The zero-order chi connectivity index (χ0) is 14.8. The van der Waals surface area contributed by atoms with Gasteiger partial charge in [0.1, 0.15) is 11.3 Å². The molecule has 0 radical (unpaired) electrons. The van der Waals surface area contributed by atoms with Gasteiger partial charge >= 0.3 is 5.97 Å². The van der Waals surface area contributed by atoms with E-state index >= 15 is 0 Å². The Kier molecular flexibility index (Phi) is 3.94. The summed E-state index contributed by atoms with van der Waals surface area (Å²) >= 11 is 0. The maximum absolute atomic E-state index is 12.1. The third kappa shape index (κ3) is 2.91. The quantitative estimate of drug-likeness (QED) is 0.823. The van der Waals surface area contributed by atoms with E-state index in [1.54, 1.807) is 19.2 Å². The van der Waals surface area contributed by atoms with Crippen LogP contribution in [0.4, 0.5) is 0 Å². The van der Waals surface area contributed by atoms with E-state index in [1.165, 1.54) is 4.90 Å². The zero-order valence-electron chi connectivity index (χ0n) is 11.3. The molecule has 1 atom stereocenters. The summed E-state index contributed by atoms with van der Waals surface area (Å²) in [5.41, 5.74) is 5.30. The van der Waals surface area contributed by atoms with Crippen LogP contribution in [0, 0.1) is 0 Å². The number of hydrogen-bond donors (Lipinski definition) is 2. The number of nitrogens with zero attached hydrogens (tertiary/aromatic N) is 1. The topological polar surface area (TPSA) is 92.9 Å². The molecule has 1 aromatic rings. The van der Waals surface area contributed by atoms with Crippen LogP contribution in [-0.4, -0.2) is 47.6 Å². The first-order valence-corrected chi connectivity index (χ1v) is 6.37. The number of likely N-dealkylation sites (tertiary alicyclic amines) is 1. The van der Waals surface area contributed by atoms with E-state index in [0.29, 0.717) is 6.54 Å². The molecule has 0 aromatic heterocycles. The summed E-state index contributed by atoms with van der Waals surface area (Å²) in [4.78, 5) is 24.7. The second-order valence-electron chi connectivity index (χ2n) is 5.05. The summed E-state index contributed by atoms with van der Waals surface area (Å²) < 4.78 is 5.05. The molecule has 1 aliphatic heterocycles. The molecule has 1 amide bonds. The fourth-order valence-electron chi connectivity index (χ4n) is 2.25. The summed E-state index contributed by atoms with van der Waals surface area (Å²) in [5, 5.41) is 9.04. The number of rotatable bonds is 4. The van der Waals surface area contributed by atoms with Crippen molar-refractivity contribution in [3.8, 4) is 5.75 Å². The van der Waals surface area contributed by atoms with Crippen molar-refractivity contribution in [2.24, 2.45) is 5.73 Å². The number of carboxylic acid groups (broad SMARTS) is 1. The van der Waals surface area contributed by atoms with Crippen LogP contribution < -0.4 is 10.5 Å². The first kappa shape index (κ1) is 14.3. The number of nitrogens with two attached hydrogens (primary N) is 1. The first-order valence-electron chi connectivity index (χ1n) is 6.37. The van der Waals surface area contributed by atoms with E-state index in [9.17, 15) is 9.59 Å². The van der Waals surface area contributed by atoms with E-state index in [1.807, 2.05) is 12.1 Å². The summed E-state index contributed by atoms with van der Waals surface area (Å²) in [6.45, 7) is 0.453. The minimum atomic E-state index is -1.31. The molecule has 0 bridgehead atoms. The molecule has 1 saturated heterocycles. The highest BCUT2D eigenvalue weighted by Gasteiger charge is 2.42. The Morgan fingerprint density at radius 3 is 2.55 bits per heavy atom. The molecule has 0 saturated carbocycles. The number of methoxy groups -OCH3 is 1. The SMILES string of the molecule is COc1ccc(CC(=O)N2CCC(N)(C(=O)O)C2)cc1. The number of hydrogen-bond acceptors (Lipinski definition) is 4. The van der Waals surface area contributed by atoms with Gasteiger partial charge in [0.25, 0.3) is 0 Å². The average Bonchev–Trinajstić information content (AvgIpc) is 2.84. The Labute approximate surface area is 117 Å². The third-order valence-corrected chi connectivity index (χ3v) is 3.59. The van der Waals surface area contributed by atoms with Crippen LogP contribution in [0.5, 0.6) is 5.75 Å². The fourth-order valence-corrected chi connectivity index (χ4v) is 2.25. The molecule has 6 nitrogen and oxygen atoms in total. The number of ether oxygens (including phenoxy) is 1. The average molecular weight is 278 g/mol. The molecule has 20 heavy (non-hydrogen) atoms. The normalized spacial score (nSPS) is 21.8. The van der Waals surface area contributed by atoms with Crippen molar-refractivity contribution in [3.05, 3.63) is 29.8 Å². The van der Waals surface area contributed by atoms with Gasteiger partial charge in [0.05, 0.1) is 13.5 Å². The molecule has 0 spiro atoms. The van der Waals surface area contributed by atoms with Gasteiger partial charge in [-0.2, -0.15) is 0 Å². The minimum Gasteiger partial charge on any atom is -0.497 e. The highest BCUT2D eigenvalue weighted by molar-refractivity contribution is 5.84. The van der Waals surface area contributed by atoms with E-state index in [4.69, 9.17) is 15.6 Å². The van der Waals surface area contributed by atoms with Gasteiger partial charge in [-0.05, 0) is 24.1 Å². The second kappa shape index (κ2) is 5.50. The maximum Gasteiger partial charge on any atom is 0.325 e. The van der Waals surface area contributed by atoms with E-state index < -0.39 is 11.5 Å². The summed E-state index contributed by atoms with van der Waals surface area (Å²) in [6.07, 6.45) is 0.524. The molecule has 1 unspecified atom stereocenters. The number of aliphatic carboxylic acids is 1. The van der Waals surface area contributed by atoms with Crippen molar-refractivity contribution in [1.29, 1.82) is 0 Å². The van der Waals surface area contributed by atoms with Crippen LogP contribution in [0.3, 0.4) is 0 Å². The Bertz CT molecular complexity index is 514. The van der Waals surface area contributed by atoms with Crippen LogP contribution >= 0.6 is 0 Å². The molecule has 2 rings (SSSR count). The molecule has 108 valence electrons. The molecular formula is C14H18N2O4. The van der Waals surface area contributed by atoms with Crippen molar-refractivity contribution in [2.75, 3.05) is 20.2 Å². The van der Waals surface area contributed by atoms with Gasteiger partial charge in [-0.25, -0.2) is 0 Å². The molecule has 1 aliphatic rings. The number of carboxylic acids is 1. The summed E-state index contributed by atoms with van der Waals surface area (Å²) in [6, 6.07) is 7.22. The lowest BCUT2D eigenvalue weighted by Crippen LogP contribution is -2.50. The van der Waals surface area contributed by atoms with Gasteiger partial charge in [0.15, 0.2) is 0 Å². The van der Waals surface area contributed by atoms with Crippen molar-refractivity contribution in [3.63, 3.8) is 0 Å². The maximum atomic E-state index is 12.1. The Morgan fingerprint density at radius 1 is 1.40 bits per heavy atom. The minimum absolute atomic E-state index is 0.0668. The summed E-state index contributed by atoms with van der Waals surface area (Å²) in [5.74, 6) is -0.435. The first-order chi connectivity index (χ1) is 9.44. The molecule has 1 heterocycles. The molecule has 0 aliphatic carbocycles. The van der Waals surface area contributed by atoms with Gasteiger partial charge < -0.3 is 20.5 Å². The van der Waals surface area contributed by atoms with Gasteiger partial charge in [-0.3, -0.25) is 9.59 Å². The van der Waals surface area contributed by atoms with Crippen LogP contribution in [0.2, 0.25) is 0 Å². The van der Waals surface area contributed by atoms with Crippen LogP contribution in [0.1, 0.15) is 12.0 Å². The van der Waals surface area contributed by atoms with Gasteiger partial charge in [-0.15, -0.1) is 0 Å². The van der Waals surface area contributed by atoms with Gasteiger partial charge in [0.2, 0.25) is 5.91 Å². The van der Waals surface area contributed by atoms with Gasteiger partial charge in [-0.1, -0.05) is 12.1 Å². The number of carbonyl (C=O) groups excluding carboxylic acids is 1. The molecular weight excluding hydrogens is 260 g/mol. The van der Waals surface area contributed by atoms with Crippen LogP contribution in [-0.2, 0) is 16.0 Å². The van der Waals surface area contributed by atoms with Crippen molar-refractivity contribution in [2.45, 2.75) is 18.4 Å².